The van der Waals surface area contributed by atoms with Crippen LogP contribution in [0, 0.1) is 16.0 Å². The van der Waals surface area contributed by atoms with Crippen molar-refractivity contribution in [1.82, 2.24) is 5.32 Å². The molecule has 6 heteroatoms. The highest BCUT2D eigenvalue weighted by molar-refractivity contribution is 5.95. The van der Waals surface area contributed by atoms with Crippen molar-refractivity contribution in [3.8, 4) is 0 Å². The minimum absolute atomic E-state index is 0.0844. The number of nitro groups is 1. The monoisotopic (exact) mass is 263 g/mol. The minimum atomic E-state index is -0.492. The average Bonchev–Trinajstić information content (AvgIpc) is 2.35. The number of carbonyl (C=O) groups is 1. The zero-order chi connectivity index (χ0) is 13.8. The quantitative estimate of drug-likeness (QED) is 0.629. The topological polar surface area (TPSA) is 84.3 Å². The summed E-state index contributed by atoms with van der Waals surface area (Å²) >= 11 is 0. The molecule has 1 saturated carbocycles. The van der Waals surface area contributed by atoms with Crippen molar-refractivity contribution >= 4 is 17.3 Å². The number of amides is 1. The Balaban J connectivity index is 2.08. The summed E-state index contributed by atoms with van der Waals surface area (Å²) in [6, 6.07) is 4.45. The van der Waals surface area contributed by atoms with Gasteiger partial charge in [-0.15, -0.1) is 0 Å². The van der Waals surface area contributed by atoms with Gasteiger partial charge in [-0.05, 0) is 30.9 Å². The van der Waals surface area contributed by atoms with Crippen LogP contribution in [0.15, 0.2) is 18.2 Å². The molecule has 0 heterocycles. The van der Waals surface area contributed by atoms with Gasteiger partial charge in [0, 0.05) is 25.2 Å². The van der Waals surface area contributed by atoms with E-state index in [4.69, 9.17) is 0 Å². The zero-order valence-electron chi connectivity index (χ0n) is 10.8. The maximum Gasteiger partial charge on any atom is 0.293 e. The molecule has 2 N–H and O–H groups in total. The standard InChI is InChI=1S/C13H17N3O3/c1-14-11-6-5-10(7-12(11)16(18)19)13(17)15-8-9-3-2-4-9/h5-7,9,14H,2-4,8H2,1H3,(H,15,17). The number of anilines is 1. The highest BCUT2D eigenvalue weighted by Gasteiger charge is 2.20. The van der Waals surface area contributed by atoms with Gasteiger partial charge in [-0.3, -0.25) is 14.9 Å². The molecule has 1 aliphatic carbocycles. The van der Waals surface area contributed by atoms with Crippen LogP contribution in [-0.4, -0.2) is 24.4 Å². The Morgan fingerprint density at radius 1 is 1.47 bits per heavy atom. The van der Waals surface area contributed by atoms with Crippen molar-refractivity contribution in [2.75, 3.05) is 18.9 Å². The van der Waals surface area contributed by atoms with Gasteiger partial charge in [0.05, 0.1) is 4.92 Å². The third kappa shape index (κ3) is 3.01. The molecule has 0 spiro atoms. The molecule has 0 radical (unpaired) electrons. The molecule has 0 saturated heterocycles. The summed E-state index contributed by atoms with van der Waals surface area (Å²) in [5, 5.41) is 16.5. The van der Waals surface area contributed by atoms with E-state index in [2.05, 4.69) is 10.6 Å². The van der Waals surface area contributed by atoms with Gasteiger partial charge >= 0.3 is 0 Å². The van der Waals surface area contributed by atoms with Gasteiger partial charge in [-0.2, -0.15) is 0 Å². The number of carbonyl (C=O) groups excluding carboxylic acids is 1. The van der Waals surface area contributed by atoms with Crippen LogP contribution < -0.4 is 10.6 Å². The smallest absolute Gasteiger partial charge is 0.293 e. The highest BCUT2D eigenvalue weighted by Crippen LogP contribution is 2.26. The number of benzene rings is 1. The fraction of sp³-hybridized carbons (Fsp3) is 0.462. The van der Waals surface area contributed by atoms with Crippen LogP contribution in [0.4, 0.5) is 11.4 Å². The van der Waals surface area contributed by atoms with E-state index in [1.807, 2.05) is 0 Å². The predicted molar refractivity (Wildman–Crippen MR) is 72.3 cm³/mol. The van der Waals surface area contributed by atoms with E-state index in [0.29, 0.717) is 23.7 Å². The van der Waals surface area contributed by atoms with Crippen molar-refractivity contribution in [3.63, 3.8) is 0 Å². The third-order valence-corrected chi connectivity index (χ3v) is 3.50. The van der Waals surface area contributed by atoms with Crippen LogP contribution in [0.25, 0.3) is 0 Å². The van der Waals surface area contributed by atoms with Gasteiger partial charge in [0.25, 0.3) is 11.6 Å². The Morgan fingerprint density at radius 2 is 2.21 bits per heavy atom. The lowest BCUT2D eigenvalue weighted by molar-refractivity contribution is -0.384. The molecular formula is C13H17N3O3. The van der Waals surface area contributed by atoms with Gasteiger partial charge < -0.3 is 10.6 Å². The highest BCUT2D eigenvalue weighted by atomic mass is 16.6. The van der Waals surface area contributed by atoms with E-state index < -0.39 is 4.92 Å². The Labute approximate surface area is 111 Å². The second-order valence-electron chi connectivity index (χ2n) is 4.75. The number of rotatable bonds is 5. The molecule has 0 aliphatic heterocycles. The molecule has 0 aromatic heterocycles. The van der Waals surface area contributed by atoms with Crippen LogP contribution in [0.3, 0.4) is 0 Å². The molecule has 0 unspecified atom stereocenters. The molecule has 1 amide bonds. The van der Waals surface area contributed by atoms with Crippen molar-refractivity contribution < 1.29 is 9.72 Å². The van der Waals surface area contributed by atoms with Crippen LogP contribution in [0.1, 0.15) is 29.6 Å². The zero-order valence-corrected chi connectivity index (χ0v) is 10.8. The summed E-state index contributed by atoms with van der Waals surface area (Å²) in [7, 11) is 1.61. The normalized spacial score (nSPS) is 14.6. The molecule has 19 heavy (non-hydrogen) atoms. The van der Waals surface area contributed by atoms with Crippen LogP contribution in [0.2, 0.25) is 0 Å². The number of nitrogens with zero attached hydrogens (tertiary/aromatic N) is 1. The minimum Gasteiger partial charge on any atom is -0.383 e. The van der Waals surface area contributed by atoms with Crippen molar-refractivity contribution in [3.05, 3.63) is 33.9 Å². The first-order valence-electron chi connectivity index (χ1n) is 6.36. The van der Waals surface area contributed by atoms with E-state index in [0.717, 1.165) is 12.8 Å². The average molecular weight is 263 g/mol. The maximum atomic E-state index is 11.9. The van der Waals surface area contributed by atoms with E-state index in [9.17, 15) is 14.9 Å². The molecule has 0 bridgehead atoms. The molecule has 0 atom stereocenters. The number of hydrogen-bond donors (Lipinski definition) is 2. The second-order valence-corrected chi connectivity index (χ2v) is 4.75. The third-order valence-electron chi connectivity index (χ3n) is 3.50. The van der Waals surface area contributed by atoms with Crippen LogP contribution in [-0.2, 0) is 0 Å². The van der Waals surface area contributed by atoms with E-state index in [-0.39, 0.29) is 11.6 Å². The molecule has 6 nitrogen and oxygen atoms in total. The fourth-order valence-corrected chi connectivity index (χ4v) is 2.07. The SMILES string of the molecule is CNc1ccc(C(=O)NCC2CCC2)cc1[N+](=O)[O-]. The van der Waals surface area contributed by atoms with E-state index >= 15 is 0 Å². The van der Waals surface area contributed by atoms with Crippen molar-refractivity contribution in [2.24, 2.45) is 5.92 Å². The number of hydrogen-bond acceptors (Lipinski definition) is 4. The van der Waals surface area contributed by atoms with E-state index in [1.165, 1.54) is 12.5 Å². The predicted octanol–water partition coefficient (Wildman–Crippen LogP) is 2.17. The van der Waals surface area contributed by atoms with Gasteiger partial charge in [0.1, 0.15) is 5.69 Å². The Kier molecular flexibility index (Phi) is 3.99. The first-order chi connectivity index (χ1) is 9.11. The Bertz CT molecular complexity index is 498. The molecular weight excluding hydrogens is 246 g/mol. The lowest BCUT2D eigenvalue weighted by atomic mass is 9.85. The van der Waals surface area contributed by atoms with Crippen molar-refractivity contribution in [1.29, 1.82) is 0 Å². The lowest BCUT2D eigenvalue weighted by Crippen LogP contribution is -2.32. The first-order valence-corrected chi connectivity index (χ1v) is 6.36. The summed E-state index contributed by atoms with van der Waals surface area (Å²) in [6.07, 6.45) is 3.53. The molecule has 2 rings (SSSR count). The van der Waals surface area contributed by atoms with Gasteiger partial charge in [-0.1, -0.05) is 6.42 Å². The second kappa shape index (κ2) is 5.69. The van der Waals surface area contributed by atoms with Gasteiger partial charge in [0.2, 0.25) is 0 Å². The van der Waals surface area contributed by atoms with Crippen LogP contribution in [0.5, 0.6) is 0 Å². The van der Waals surface area contributed by atoms with Gasteiger partial charge in [-0.25, -0.2) is 0 Å². The first kappa shape index (κ1) is 13.3. The number of nitro benzene ring substituents is 1. The summed E-state index contributed by atoms with van der Waals surface area (Å²) in [4.78, 5) is 22.3. The molecule has 1 aliphatic rings. The Morgan fingerprint density at radius 3 is 2.74 bits per heavy atom. The summed E-state index contributed by atoms with van der Waals surface area (Å²) in [5.74, 6) is 0.313. The molecule has 1 aromatic rings. The van der Waals surface area contributed by atoms with Gasteiger partial charge in [0.15, 0.2) is 0 Å². The van der Waals surface area contributed by atoms with E-state index in [1.54, 1.807) is 19.2 Å². The molecule has 1 aromatic carbocycles. The van der Waals surface area contributed by atoms with Crippen LogP contribution >= 0.6 is 0 Å². The summed E-state index contributed by atoms with van der Waals surface area (Å²) in [6.45, 7) is 0.653. The largest absolute Gasteiger partial charge is 0.383 e. The van der Waals surface area contributed by atoms with Crippen molar-refractivity contribution in [2.45, 2.75) is 19.3 Å². The molecule has 102 valence electrons. The Hall–Kier alpha value is -2.11. The molecule has 1 fully saturated rings. The summed E-state index contributed by atoms with van der Waals surface area (Å²) < 4.78 is 0. The fourth-order valence-electron chi connectivity index (χ4n) is 2.07. The summed E-state index contributed by atoms with van der Waals surface area (Å²) in [5.41, 5.74) is 0.643. The lowest BCUT2D eigenvalue weighted by Gasteiger charge is -2.25. The number of nitrogens with one attached hydrogen (secondary N) is 2. The maximum absolute atomic E-state index is 11.9.